The summed E-state index contributed by atoms with van der Waals surface area (Å²) in [6.45, 7) is 4.02. The molecule has 0 aromatic carbocycles. The van der Waals surface area contributed by atoms with E-state index in [4.69, 9.17) is 10.5 Å². The molecule has 3 N–H and O–H groups in total. The first-order chi connectivity index (χ1) is 9.17. The number of nitrogens with zero attached hydrogens (tertiary/aromatic N) is 2. The minimum Gasteiger partial charge on any atom is -0.396 e. The van der Waals surface area contributed by atoms with Gasteiger partial charge in [0, 0.05) is 18.5 Å². The van der Waals surface area contributed by atoms with Gasteiger partial charge in [-0.05, 0) is 31.1 Å². The molecule has 3 fully saturated rings. The van der Waals surface area contributed by atoms with Crippen LogP contribution in [0.5, 0.6) is 0 Å². The summed E-state index contributed by atoms with van der Waals surface area (Å²) in [4.78, 5) is 6.62. The van der Waals surface area contributed by atoms with Gasteiger partial charge in [-0.3, -0.25) is 4.99 Å². The van der Waals surface area contributed by atoms with Crippen LogP contribution in [0.4, 0.5) is 0 Å². The van der Waals surface area contributed by atoms with Crippen molar-refractivity contribution in [2.75, 3.05) is 39.5 Å². The van der Waals surface area contributed by atoms with Crippen LogP contribution in [0.3, 0.4) is 0 Å². The lowest BCUT2D eigenvalue weighted by atomic mass is 9.45. The predicted molar refractivity (Wildman–Crippen MR) is 73.9 cm³/mol. The number of hydrogen-bond donors (Lipinski definition) is 2. The van der Waals surface area contributed by atoms with E-state index in [9.17, 15) is 5.11 Å². The van der Waals surface area contributed by atoms with E-state index >= 15 is 0 Å². The molecule has 1 aliphatic heterocycles. The van der Waals surface area contributed by atoms with Gasteiger partial charge in [0.15, 0.2) is 5.96 Å². The first-order valence-electron chi connectivity index (χ1n) is 7.41. The lowest BCUT2D eigenvalue weighted by Crippen LogP contribution is -2.54. The number of aliphatic imine (C=N–C) groups is 1. The van der Waals surface area contributed by atoms with Crippen molar-refractivity contribution < 1.29 is 9.84 Å². The predicted octanol–water partition coefficient (Wildman–Crippen LogP) is 0.576. The molecular formula is C14H25N3O2. The third kappa shape index (κ3) is 2.46. The van der Waals surface area contributed by atoms with Gasteiger partial charge in [-0.2, -0.15) is 0 Å². The quantitative estimate of drug-likeness (QED) is 0.579. The number of ether oxygens (including phenoxy) is 1. The van der Waals surface area contributed by atoms with E-state index in [1.165, 1.54) is 19.3 Å². The monoisotopic (exact) mass is 267 g/mol. The SMILES string of the molecule is NC(=NCC1(CO)CC2(CCC2)C1)N1CCOCC1. The lowest BCUT2D eigenvalue weighted by molar-refractivity contribution is -0.115. The Morgan fingerprint density at radius 1 is 1.26 bits per heavy atom. The Labute approximate surface area is 114 Å². The number of aliphatic hydroxyl groups is 1. The van der Waals surface area contributed by atoms with Crippen LogP contribution in [0.2, 0.25) is 0 Å². The highest BCUT2D eigenvalue weighted by molar-refractivity contribution is 5.78. The number of nitrogens with two attached hydrogens (primary N) is 1. The van der Waals surface area contributed by atoms with Crippen LogP contribution in [0, 0.1) is 10.8 Å². The Morgan fingerprint density at radius 3 is 2.47 bits per heavy atom. The van der Waals surface area contributed by atoms with Crippen molar-refractivity contribution in [3.63, 3.8) is 0 Å². The van der Waals surface area contributed by atoms with Crippen LogP contribution < -0.4 is 5.73 Å². The lowest BCUT2D eigenvalue weighted by Gasteiger charge is -2.60. The summed E-state index contributed by atoms with van der Waals surface area (Å²) >= 11 is 0. The van der Waals surface area contributed by atoms with Gasteiger partial charge in [0.25, 0.3) is 0 Å². The van der Waals surface area contributed by atoms with Crippen molar-refractivity contribution in [3.8, 4) is 0 Å². The maximum absolute atomic E-state index is 9.67. The smallest absolute Gasteiger partial charge is 0.191 e. The van der Waals surface area contributed by atoms with E-state index in [-0.39, 0.29) is 12.0 Å². The number of hydrogen-bond acceptors (Lipinski definition) is 3. The summed E-state index contributed by atoms with van der Waals surface area (Å²) in [7, 11) is 0. The van der Waals surface area contributed by atoms with E-state index in [1.54, 1.807) is 0 Å². The second kappa shape index (κ2) is 4.94. The normalized spacial score (nSPS) is 28.9. The van der Waals surface area contributed by atoms with Gasteiger partial charge >= 0.3 is 0 Å². The molecular weight excluding hydrogens is 242 g/mol. The molecule has 1 spiro atoms. The fraction of sp³-hybridized carbons (Fsp3) is 0.929. The highest BCUT2D eigenvalue weighted by Crippen LogP contribution is 2.64. The number of aliphatic hydroxyl groups excluding tert-OH is 1. The molecule has 0 aromatic rings. The maximum atomic E-state index is 9.67. The van der Waals surface area contributed by atoms with Crippen LogP contribution in [0.25, 0.3) is 0 Å². The van der Waals surface area contributed by atoms with Gasteiger partial charge in [0.2, 0.25) is 0 Å². The molecule has 2 aliphatic carbocycles. The Hall–Kier alpha value is -0.810. The first kappa shape index (κ1) is 13.2. The van der Waals surface area contributed by atoms with Gasteiger partial charge < -0.3 is 20.5 Å². The molecule has 0 radical (unpaired) electrons. The van der Waals surface area contributed by atoms with Gasteiger partial charge in [-0.1, -0.05) is 6.42 Å². The van der Waals surface area contributed by atoms with Crippen molar-refractivity contribution in [2.24, 2.45) is 21.6 Å². The minimum atomic E-state index is 0.0112. The molecule has 1 saturated heterocycles. The number of guanidine groups is 1. The molecule has 0 aromatic heterocycles. The van der Waals surface area contributed by atoms with E-state index < -0.39 is 0 Å². The molecule has 5 heteroatoms. The third-order valence-corrected chi connectivity index (χ3v) is 5.16. The van der Waals surface area contributed by atoms with Crippen LogP contribution >= 0.6 is 0 Å². The highest BCUT2D eigenvalue weighted by Gasteiger charge is 2.56. The van der Waals surface area contributed by atoms with Crippen molar-refractivity contribution in [1.82, 2.24) is 4.90 Å². The van der Waals surface area contributed by atoms with Gasteiger partial charge in [0.1, 0.15) is 0 Å². The number of rotatable bonds is 3. The highest BCUT2D eigenvalue weighted by atomic mass is 16.5. The summed E-state index contributed by atoms with van der Waals surface area (Å²) < 4.78 is 5.31. The van der Waals surface area contributed by atoms with Crippen LogP contribution in [-0.2, 0) is 4.74 Å². The number of morpholine rings is 1. The van der Waals surface area contributed by atoms with Crippen molar-refractivity contribution in [3.05, 3.63) is 0 Å². The van der Waals surface area contributed by atoms with Crippen molar-refractivity contribution in [2.45, 2.75) is 32.1 Å². The summed E-state index contributed by atoms with van der Waals surface area (Å²) in [5.41, 5.74) is 6.61. The van der Waals surface area contributed by atoms with Gasteiger partial charge in [-0.25, -0.2) is 0 Å². The topological polar surface area (TPSA) is 71.1 Å². The van der Waals surface area contributed by atoms with Crippen molar-refractivity contribution >= 4 is 5.96 Å². The Balaban J connectivity index is 1.54. The molecule has 0 atom stereocenters. The fourth-order valence-electron chi connectivity index (χ4n) is 3.98. The Morgan fingerprint density at radius 2 is 1.95 bits per heavy atom. The summed E-state index contributed by atoms with van der Waals surface area (Å²) in [6.07, 6.45) is 6.32. The molecule has 3 rings (SSSR count). The summed E-state index contributed by atoms with van der Waals surface area (Å²) in [6, 6.07) is 0. The Kier molecular flexibility index (Phi) is 3.43. The Bertz CT molecular complexity index is 352. The van der Waals surface area contributed by atoms with Crippen LogP contribution in [-0.4, -0.2) is 55.4 Å². The van der Waals surface area contributed by atoms with E-state index in [2.05, 4.69) is 9.89 Å². The van der Waals surface area contributed by atoms with E-state index in [1.807, 2.05) is 0 Å². The van der Waals surface area contributed by atoms with Crippen LogP contribution in [0.1, 0.15) is 32.1 Å². The van der Waals surface area contributed by atoms with Gasteiger partial charge in [-0.15, -0.1) is 0 Å². The molecule has 2 saturated carbocycles. The molecule has 108 valence electrons. The van der Waals surface area contributed by atoms with Crippen LogP contribution in [0.15, 0.2) is 4.99 Å². The fourth-order valence-corrected chi connectivity index (χ4v) is 3.98. The zero-order chi connectivity index (χ0) is 13.3. The molecule has 0 unspecified atom stereocenters. The van der Waals surface area contributed by atoms with Gasteiger partial charge in [0.05, 0.1) is 26.4 Å². The average Bonchev–Trinajstić information content (AvgIpc) is 2.37. The molecule has 0 amide bonds. The largest absolute Gasteiger partial charge is 0.396 e. The summed E-state index contributed by atoms with van der Waals surface area (Å²) in [5, 5.41) is 9.67. The zero-order valence-electron chi connectivity index (χ0n) is 11.6. The molecule has 5 nitrogen and oxygen atoms in total. The average molecular weight is 267 g/mol. The zero-order valence-corrected chi connectivity index (χ0v) is 11.6. The van der Waals surface area contributed by atoms with E-state index in [0.29, 0.717) is 17.9 Å². The minimum absolute atomic E-state index is 0.0112. The van der Waals surface area contributed by atoms with Crippen molar-refractivity contribution in [1.29, 1.82) is 0 Å². The third-order valence-electron chi connectivity index (χ3n) is 5.16. The molecule has 3 aliphatic rings. The standard InChI is InChI=1S/C14H25N3O2/c15-12(17-4-6-19-7-5-17)16-10-14(11-18)8-13(9-14)2-1-3-13/h18H,1-11H2,(H2,15,16). The van der Waals surface area contributed by atoms with E-state index in [0.717, 1.165) is 39.1 Å². The second-order valence-corrected chi connectivity index (χ2v) is 6.64. The maximum Gasteiger partial charge on any atom is 0.191 e. The molecule has 0 bridgehead atoms. The second-order valence-electron chi connectivity index (χ2n) is 6.64. The molecule has 1 heterocycles. The molecule has 19 heavy (non-hydrogen) atoms. The first-order valence-corrected chi connectivity index (χ1v) is 7.41. The summed E-state index contributed by atoms with van der Waals surface area (Å²) in [5.74, 6) is 0.616.